The Labute approximate surface area is 163 Å². The van der Waals surface area contributed by atoms with Gasteiger partial charge in [-0.1, -0.05) is 18.2 Å². The van der Waals surface area contributed by atoms with Gasteiger partial charge in [0.25, 0.3) is 11.7 Å². The van der Waals surface area contributed by atoms with Crippen molar-refractivity contribution in [1.82, 2.24) is 14.9 Å². The highest BCUT2D eigenvalue weighted by Crippen LogP contribution is 2.24. The molecule has 1 fully saturated rings. The van der Waals surface area contributed by atoms with E-state index in [0.29, 0.717) is 31.5 Å². The van der Waals surface area contributed by atoms with Crippen molar-refractivity contribution < 1.29 is 14.3 Å². The molecule has 1 aromatic carbocycles. The highest BCUT2D eigenvalue weighted by Gasteiger charge is 2.30. The lowest BCUT2D eigenvalue weighted by atomic mass is 10.0. The summed E-state index contributed by atoms with van der Waals surface area (Å²) in [6.45, 7) is 4.78. The van der Waals surface area contributed by atoms with Crippen LogP contribution in [0.15, 0.2) is 42.6 Å². The first-order valence-corrected chi connectivity index (χ1v) is 9.53. The van der Waals surface area contributed by atoms with E-state index in [2.05, 4.69) is 9.97 Å². The zero-order valence-electron chi connectivity index (χ0n) is 16.1. The Bertz CT molecular complexity index is 1020. The van der Waals surface area contributed by atoms with E-state index in [1.165, 1.54) is 0 Å². The number of para-hydroxylation sites is 1. The van der Waals surface area contributed by atoms with Crippen LogP contribution in [0, 0.1) is 13.8 Å². The lowest BCUT2D eigenvalue weighted by Crippen LogP contribution is -2.44. The van der Waals surface area contributed by atoms with Crippen LogP contribution in [0.3, 0.4) is 0 Å². The standard InChI is InChI=1S/C22H23N3O3/c1-14-7-8-17(13-23-14)28-16-9-11-25(12-10-16)22(27)21(26)20-15(2)24-19-6-4-3-5-18(19)20/h3-8,13,16,24H,9-12H2,1-2H3. The fraction of sp³-hybridized carbons (Fsp3) is 0.318. The quantitative estimate of drug-likeness (QED) is 0.558. The molecule has 1 aliphatic heterocycles. The summed E-state index contributed by atoms with van der Waals surface area (Å²) in [5, 5.41) is 0.795. The molecule has 2 aromatic heterocycles. The average molecular weight is 377 g/mol. The number of ether oxygens (including phenoxy) is 1. The van der Waals surface area contributed by atoms with Crippen LogP contribution in [0.25, 0.3) is 10.9 Å². The Hall–Kier alpha value is -3.15. The van der Waals surface area contributed by atoms with Crippen LogP contribution in [0.2, 0.25) is 0 Å². The molecule has 28 heavy (non-hydrogen) atoms. The molecule has 3 aromatic rings. The number of aromatic nitrogens is 2. The molecule has 0 aliphatic carbocycles. The molecule has 1 N–H and O–H groups in total. The van der Waals surface area contributed by atoms with Gasteiger partial charge in [-0.25, -0.2) is 0 Å². The predicted molar refractivity (Wildman–Crippen MR) is 107 cm³/mol. The lowest BCUT2D eigenvalue weighted by Gasteiger charge is -2.31. The summed E-state index contributed by atoms with van der Waals surface area (Å²) in [6.07, 6.45) is 3.13. The van der Waals surface area contributed by atoms with E-state index in [0.717, 1.165) is 28.0 Å². The smallest absolute Gasteiger partial charge is 0.295 e. The van der Waals surface area contributed by atoms with Crippen molar-refractivity contribution in [1.29, 1.82) is 0 Å². The van der Waals surface area contributed by atoms with Crippen molar-refractivity contribution >= 4 is 22.6 Å². The van der Waals surface area contributed by atoms with Crippen LogP contribution in [0.5, 0.6) is 5.75 Å². The Morgan fingerprint density at radius 2 is 1.86 bits per heavy atom. The van der Waals surface area contributed by atoms with Gasteiger partial charge in [-0.05, 0) is 32.0 Å². The first kappa shape index (κ1) is 18.2. The number of benzene rings is 1. The predicted octanol–water partition coefficient (Wildman–Crippen LogP) is 3.43. The molecule has 4 rings (SSSR count). The number of amides is 1. The molecule has 0 bridgehead atoms. The molecule has 3 heterocycles. The maximum Gasteiger partial charge on any atom is 0.295 e. The van der Waals surface area contributed by atoms with Crippen molar-refractivity contribution in [3.05, 3.63) is 59.5 Å². The first-order chi connectivity index (χ1) is 13.5. The number of carbonyl (C=O) groups is 2. The van der Waals surface area contributed by atoms with E-state index in [4.69, 9.17) is 4.74 Å². The number of hydrogen-bond donors (Lipinski definition) is 1. The van der Waals surface area contributed by atoms with Gasteiger partial charge in [0.15, 0.2) is 0 Å². The number of pyridine rings is 1. The van der Waals surface area contributed by atoms with Gasteiger partial charge in [-0.2, -0.15) is 0 Å². The molecule has 0 spiro atoms. The van der Waals surface area contributed by atoms with Gasteiger partial charge in [0, 0.05) is 48.2 Å². The molecule has 0 radical (unpaired) electrons. The fourth-order valence-electron chi connectivity index (χ4n) is 3.71. The van der Waals surface area contributed by atoms with Crippen LogP contribution >= 0.6 is 0 Å². The number of hydrogen-bond acceptors (Lipinski definition) is 4. The number of aryl methyl sites for hydroxylation is 2. The van der Waals surface area contributed by atoms with Crippen LogP contribution in [-0.4, -0.2) is 45.8 Å². The summed E-state index contributed by atoms with van der Waals surface area (Å²) in [7, 11) is 0. The van der Waals surface area contributed by atoms with Crippen molar-refractivity contribution in [2.75, 3.05) is 13.1 Å². The number of fused-ring (bicyclic) bond motifs is 1. The number of ketones is 1. The van der Waals surface area contributed by atoms with Gasteiger partial charge in [-0.3, -0.25) is 14.6 Å². The van der Waals surface area contributed by atoms with E-state index >= 15 is 0 Å². The van der Waals surface area contributed by atoms with Gasteiger partial charge in [0.2, 0.25) is 0 Å². The molecule has 144 valence electrons. The van der Waals surface area contributed by atoms with E-state index in [9.17, 15) is 9.59 Å². The van der Waals surface area contributed by atoms with E-state index in [-0.39, 0.29) is 6.10 Å². The van der Waals surface area contributed by atoms with Gasteiger partial charge in [0.05, 0.1) is 11.8 Å². The highest BCUT2D eigenvalue weighted by atomic mass is 16.5. The Morgan fingerprint density at radius 3 is 2.57 bits per heavy atom. The minimum Gasteiger partial charge on any atom is -0.489 e. The number of carbonyl (C=O) groups excluding carboxylic acids is 2. The van der Waals surface area contributed by atoms with Crippen molar-refractivity contribution in [2.24, 2.45) is 0 Å². The number of nitrogens with one attached hydrogen (secondary N) is 1. The molecule has 0 atom stereocenters. The SMILES string of the molecule is Cc1ccc(OC2CCN(C(=O)C(=O)c3c(C)[nH]c4ccccc34)CC2)cn1. The Morgan fingerprint density at radius 1 is 1.11 bits per heavy atom. The Balaban J connectivity index is 1.41. The second-order valence-electron chi connectivity index (χ2n) is 7.24. The van der Waals surface area contributed by atoms with Gasteiger partial charge >= 0.3 is 0 Å². The van der Waals surface area contributed by atoms with E-state index in [1.807, 2.05) is 50.2 Å². The molecular formula is C22H23N3O3. The largest absolute Gasteiger partial charge is 0.489 e. The fourth-order valence-corrected chi connectivity index (χ4v) is 3.71. The monoisotopic (exact) mass is 377 g/mol. The number of likely N-dealkylation sites (tertiary alicyclic amines) is 1. The maximum atomic E-state index is 12.9. The summed E-state index contributed by atoms with van der Waals surface area (Å²) in [6, 6.07) is 11.4. The third kappa shape index (κ3) is 3.50. The zero-order chi connectivity index (χ0) is 19.7. The lowest BCUT2D eigenvalue weighted by molar-refractivity contribution is -0.128. The van der Waals surface area contributed by atoms with Crippen LogP contribution in [0.1, 0.15) is 34.6 Å². The third-order valence-corrected chi connectivity index (χ3v) is 5.23. The van der Waals surface area contributed by atoms with Crippen LogP contribution in [-0.2, 0) is 4.79 Å². The molecule has 6 heteroatoms. The molecule has 1 saturated heterocycles. The molecular weight excluding hydrogens is 354 g/mol. The van der Waals surface area contributed by atoms with Gasteiger partial charge < -0.3 is 14.6 Å². The van der Waals surface area contributed by atoms with Crippen LogP contribution < -0.4 is 4.74 Å². The normalized spacial score (nSPS) is 15.0. The minimum absolute atomic E-state index is 0.0264. The molecule has 0 unspecified atom stereocenters. The Kier molecular flexibility index (Phi) is 4.86. The number of aromatic amines is 1. The maximum absolute atomic E-state index is 12.9. The highest BCUT2D eigenvalue weighted by molar-refractivity contribution is 6.45. The van der Waals surface area contributed by atoms with Gasteiger partial charge in [-0.15, -0.1) is 0 Å². The van der Waals surface area contributed by atoms with E-state index in [1.54, 1.807) is 11.1 Å². The number of rotatable bonds is 4. The third-order valence-electron chi connectivity index (χ3n) is 5.23. The molecule has 0 saturated carbocycles. The number of nitrogens with zero attached hydrogens (tertiary/aromatic N) is 2. The second-order valence-corrected chi connectivity index (χ2v) is 7.24. The minimum atomic E-state index is -0.447. The van der Waals surface area contributed by atoms with Crippen molar-refractivity contribution in [3.63, 3.8) is 0 Å². The summed E-state index contributed by atoms with van der Waals surface area (Å²) in [5.41, 5.74) is 3.02. The number of piperidine rings is 1. The van der Waals surface area contributed by atoms with Crippen molar-refractivity contribution in [3.8, 4) is 5.75 Å². The number of H-pyrrole nitrogens is 1. The zero-order valence-corrected chi connectivity index (χ0v) is 16.1. The molecule has 1 aliphatic rings. The van der Waals surface area contributed by atoms with Gasteiger partial charge in [0.1, 0.15) is 11.9 Å². The topological polar surface area (TPSA) is 75.3 Å². The first-order valence-electron chi connectivity index (χ1n) is 9.53. The summed E-state index contributed by atoms with van der Waals surface area (Å²) in [4.78, 5) is 34.8. The second kappa shape index (κ2) is 7.46. The molecule has 6 nitrogen and oxygen atoms in total. The summed E-state index contributed by atoms with van der Waals surface area (Å²) in [5.74, 6) is -0.152. The van der Waals surface area contributed by atoms with E-state index < -0.39 is 11.7 Å². The van der Waals surface area contributed by atoms with Crippen molar-refractivity contribution in [2.45, 2.75) is 32.8 Å². The summed E-state index contributed by atoms with van der Waals surface area (Å²) >= 11 is 0. The number of Topliss-reactive ketones (excluding diaryl/α,β-unsaturated/α-hetero) is 1. The summed E-state index contributed by atoms with van der Waals surface area (Å²) < 4.78 is 5.96. The average Bonchev–Trinajstić information content (AvgIpc) is 3.05. The van der Waals surface area contributed by atoms with Crippen LogP contribution in [0.4, 0.5) is 0 Å². The molecule has 1 amide bonds.